The summed E-state index contributed by atoms with van der Waals surface area (Å²) in [6, 6.07) is 13.6. The highest BCUT2D eigenvalue weighted by molar-refractivity contribution is 6.46. The van der Waals surface area contributed by atoms with Gasteiger partial charge in [0, 0.05) is 36.8 Å². The molecule has 2 saturated heterocycles. The van der Waals surface area contributed by atoms with Crippen LogP contribution in [0.1, 0.15) is 22.7 Å². The summed E-state index contributed by atoms with van der Waals surface area (Å²) in [7, 11) is 0. The Labute approximate surface area is 186 Å². The first-order valence-corrected chi connectivity index (χ1v) is 10.7. The SMILES string of the molecule is Cc1ccc(/C(O)=C2\C(=O)C(=O)N(CCN3CCOCC3)[C@@H]2c2ccc(Cl)cc2)cc1. The lowest BCUT2D eigenvalue weighted by Crippen LogP contribution is -2.42. The topological polar surface area (TPSA) is 70.1 Å². The number of aliphatic hydroxyl groups is 1. The third-order valence-corrected chi connectivity index (χ3v) is 6.06. The minimum Gasteiger partial charge on any atom is -0.507 e. The lowest BCUT2D eigenvalue weighted by Gasteiger charge is -2.31. The summed E-state index contributed by atoms with van der Waals surface area (Å²) in [4.78, 5) is 29.8. The Morgan fingerprint density at radius 3 is 2.32 bits per heavy atom. The highest BCUT2D eigenvalue weighted by Gasteiger charge is 2.46. The number of aliphatic hydroxyl groups excluding tert-OH is 1. The summed E-state index contributed by atoms with van der Waals surface area (Å²) in [6.07, 6.45) is 0. The van der Waals surface area contributed by atoms with E-state index in [1.54, 1.807) is 41.3 Å². The van der Waals surface area contributed by atoms with Crippen molar-refractivity contribution in [2.24, 2.45) is 0 Å². The van der Waals surface area contributed by atoms with Gasteiger partial charge in [-0.1, -0.05) is 53.6 Å². The molecule has 2 heterocycles. The van der Waals surface area contributed by atoms with Gasteiger partial charge in [-0.3, -0.25) is 14.5 Å². The monoisotopic (exact) mass is 440 g/mol. The summed E-state index contributed by atoms with van der Waals surface area (Å²) in [5, 5.41) is 11.6. The van der Waals surface area contributed by atoms with Crippen molar-refractivity contribution in [2.75, 3.05) is 39.4 Å². The van der Waals surface area contributed by atoms with Gasteiger partial charge in [0.1, 0.15) is 5.76 Å². The van der Waals surface area contributed by atoms with Crippen molar-refractivity contribution >= 4 is 29.1 Å². The van der Waals surface area contributed by atoms with E-state index < -0.39 is 17.7 Å². The van der Waals surface area contributed by atoms with E-state index in [2.05, 4.69) is 4.90 Å². The number of aryl methyl sites for hydroxylation is 1. The third-order valence-electron chi connectivity index (χ3n) is 5.81. The minimum atomic E-state index is -0.667. The van der Waals surface area contributed by atoms with Gasteiger partial charge >= 0.3 is 0 Å². The van der Waals surface area contributed by atoms with E-state index in [9.17, 15) is 14.7 Å². The number of Topliss-reactive ketones (excluding diaryl/α,β-unsaturated/α-hetero) is 1. The molecule has 0 spiro atoms. The van der Waals surface area contributed by atoms with Crippen molar-refractivity contribution in [3.8, 4) is 0 Å². The smallest absolute Gasteiger partial charge is 0.295 e. The maximum absolute atomic E-state index is 13.0. The van der Waals surface area contributed by atoms with Gasteiger partial charge in [0.25, 0.3) is 11.7 Å². The molecule has 0 unspecified atom stereocenters. The zero-order valence-corrected chi connectivity index (χ0v) is 18.1. The molecule has 31 heavy (non-hydrogen) atoms. The van der Waals surface area contributed by atoms with Crippen LogP contribution in [0.15, 0.2) is 54.1 Å². The molecular formula is C24H25ClN2O4. The van der Waals surface area contributed by atoms with Gasteiger partial charge in [0.2, 0.25) is 0 Å². The Kier molecular flexibility index (Phi) is 6.41. The number of carbonyl (C=O) groups is 2. The zero-order valence-electron chi connectivity index (χ0n) is 17.4. The first-order chi connectivity index (χ1) is 15.0. The maximum Gasteiger partial charge on any atom is 0.295 e. The van der Waals surface area contributed by atoms with Crippen LogP contribution in [0.5, 0.6) is 0 Å². The van der Waals surface area contributed by atoms with Crippen LogP contribution in [0, 0.1) is 6.92 Å². The predicted octanol–water partition coefficient (Wildman–Crippen LogP) is 3.40. The number of benzene rings is 2. The third kappa shape index (κ3) is 4.51. The number of ether oxygens (including phenoxy) is 1. The van der Waals surface area contributed by atoms with Gasteiger partial charge in [-0.25, -0.2) is 0 Å². The average Bonchev–Trinajstić information content (AvgIpc) is 3.04. The van der Waals surface area contributed by atoms with Crippen LogP contribution in [-0.2, 0) is 14.3 Å². The molecule has 1 amide bonds. The fraction of sp³-hybridized carbons (Fsp3) is 0.333. The Morgan fingerprint density at radius 2 is 1.68 bits per heavy atom. The van der Waals surface area contributed by atoms with E-state index in [1.807, 2.05) is 19.1 Å². The van der Waals surface area contributed by atoms with Gasteiger partial charge in [0.05, 0.1) is 24.8 Å². The summed E-state index contributed by atoms with van der Waals surface area (Å²) >= 11 is 6.06. The van der Waals surface area contributed by atoms with E-state index in [-0.39, 0.29) is 11.3 Å². The predicted molar refractivity (Wildman–Crippen MR) is 119 cm³/mol. The number of halogens is 1. The number of hydrogen-bond acceptors (Lipinski definition) is 5. The molecule has 1 atom stereocenters. The van der Waals surface area contributed by atoms with Gasteiger partial charge in [0.15, 0.2) is 0 Å². The molecule has 0 bridgehead atoms. The normalized spacial score (nSPS) is 21.6. The number of carbonyl (C=O) groups excluding carboxylic acids is 2. The van der Waals surface area contributed by atoms with Gasteiger partial charge < -0.3 is 14.7 Å². The fourth-order valence-corrected chi connectivity index (χ4v) is 4.17. The largest absolute Gasteiger partial charge is 0.507 e. The molecular weight excluding hydrogens is 416 g/mol. The molecule has 2 fully saturated rings. The van der Waals surface area contributed by atoms with Crippen LogP contribution >= 0.6 is 11.6 Å². The molecule has 2 aromatic rings. The first-order valence-electron chi connectivity index (χ1n) is 10.4. The fourth-order valence-electron chi connectivity index (χ4n) is 4.04. The molecule has 2 aliphatic rings. The van der Waals surface area contributed by atoms with Crippen LogP contribution in [0.25, 0.3) is 5.76 Å². The van der Waals surface area contributed by atoms with Crippen LogP contribution in [0.4, 0.5) is 0 Å². The van der Waals surface area contributed by atoms with Crippen molar-refractivity contribution in [2.45, 2.75) is 13.0 Å². The second kappa shape index (κ2) is 9.22. The van der Waals surface area contributed by atoms with E-state index in [4.69, 9.17) is 16.3 Å². The van der Waals surface area contributed by atoms with Crippen LogP contribution in [0.2, 0.25) is 5.02 Å². The molecule has 0 saturated carbocycles. The Balaban J connectivity index is 1.72. The average molecular weight is 441 g/mol. The maximum atomic E-state index is 13.0. The molecule has 4 rings (SSSR count). The number of ketones is 1. The van der Waals surface area contributed by atoms with Crippen LogP contribution < -0.4 is 0 Å². The summed E-state index contributed by atoms with van der Waals surface area (Å²) in [5.74, 6) is -1.42. The minimum absolute atomic E-state index is 0.109. The quantitative estimate of drug-likeness (QED) is 0.438. The van der Waals surface area contributed by atoms with E-state index in [0.717, 1.165) is 24.2 Å². The van der Waals surface area contributed by atoms with Crippen LogP contribution in [-0.4, -0.2) is 66.0 Å². The van der Waals surface area contributed by atoms with Crippen molar-refractivity contribution in [3.05, 3.63) is 75.8 Å². The Hall–Kier alpha value is -2.67. The first kappa shape index (κ1) is 21.6. The summed E-state index contributed by atoms with van der Waals surface area (Å²) in [5.41, 5.74) is 2.39. The van der Waals surface area contributed by atoms with Crippen molar-refractivity contribution in [1.29, 1.82) is 0 Å². The molecule has 0 radical (unpaired) electrons. The summed E-state index contributed by atoms with van der Waals surface area (Å²) in [6.45, 7) is 5.85. The molecule has 0 aromatic heterocycles. The number of nitrogens with zero attached hydrogens (tertiary/aromatic N) is 2. The number of amides is 1. The summed E-state index contributed by atoms with van der Waals surface area (Å²) < 4.78 is 5.39. The number of hydrogen-bond donors (Lipinski definition) is 1. The van der Waals surface area contributed by atoms with Crippen molar-refractivity contribution in [1.82, 2.24) is 9.80 Å². The van der Waals surface area contributed by atoms with Gasteiger partial charge in [-0.15, -0.1) is 0 Å². The molecule has 7 heteroatoms. The van der Waals surface area contributed by atoms with E-state index >= 15 is 0 Å². The van der Waals surface area contributed by atoms with E-state index in [1.165, 1.54) is 0 Å². The van der Waals surface area contributed by atoms with E-state index in [0.29, 0.717) is 36.9 Å². The molecule has 162 valence electrons. The van der Waals surface area contributed by atoms with Crippen LogP contribution in [0.3, 0.4) is 0 Å². The highest BCUT2D eigenvalue weighted by atomic mass is 35.5. The highest BCUT2D eigenvalue weighted by Crippen LogP contribution is 2.39. The second-order valence-corrected chi connectivity index (χ2v) is 8.30. The molecule has 6 nitrogen and oxygen atoms in total. The molecule has 1 N–H and O–H groups in total. The Morgan fingerprint density at radius 1 is 1.03 bits per heavy atom. The molecule has 0 aliphatic carbocycles. The van der Waals surface area contributed by atoms with Crippen molar-refractivity contribution in [3.63, 3.8) is 0 Å². The number of morpholine rings is 1. The van der Waals surface area contributed by atoms with Gasteiger partial charge in [-0.05, 0) is 24.6 Å². The second-order valence-electron chi connectivity index (χ2n) is 7.86. The zero-order chi connectivity index (χ0) is 22.0. The lowest BCUT2D eigenvalue weighted by atomic mass is 9.95. The number of likely N-dealkylation sites (tertiary alicyclic amines) is 1. The standard InChI is InChI=1S/C24H25ClN2O4/c1-16-2-4-18(5-3-16)22(28)20-21(17-6-8-19(25)9-7-17)27(24(30)23(20)29)11-10-26-12-14-31-15-13-26/h2-9,21,28H,10-15H2,1H3/b22-20+/t21-/m1/s1. The Bertz CT molecular complexity index is 995. The van der Waals surface area contributed by atoms with Gasteiger partial charge in [-0.2, -0.15) is 0 Å². The number of rotatable bonds is 5. The molecule has 2 aliphatic heterocycles. The lowest BCUT2D eigenvalue weighted by molar-refractivity contribution is -0.140. The van der Waals surface area contributed by atoms with Crippen molar-refractivity contribution < 1.29 is 19.4 Å². The molecule has 2 aromatic carbocycles.